The Kier molecular flexibility index (Phi) is 4.35. The Balaban J connectivity index is 1.78. The summed E-state index contributed by atoms with van der Waals surface area (Å²) in [5.74, 6) is 1.10. The van der Waals surface area contributed by atoms with Crippen molar-refractivity contribution in [2.24, 2.45) is 14.1 Å². The van der Waals surface area contributed by atoms with Gasteiger partial charge in [0.05, 0.1) is 10.0 Å². The molecular weight excluding hydrogens is 407 g/mol. The second-order valence-corrected chi connectivity index (χ2v) is 7.07. The van der Waals surface area contributed by atoms with E-state index in [9.17, 15) is 9.59 Å². The lowest BCUT2D eigenvalue weighted by Gasteiger charge is -2.05. The fourth-order valence-electron chi connectivity index (χ4n) is 2.95. The lowest BCUT2D eigenvalue weighted by molar-refractivity contribution is 0.488. The van der Waals surface area contributed by atoms with E-state index < -0.39 is 11.2 Å². The highest BCUT2D eigenvalue weighted by Gasteiger charge is 2.19. The molecule has 0 aliphatic carbocycles. The predicted octanol–water partition coefficient (Wildman–Crippen LogP) is 2.15. The monoisotopic (exact) mass is 420 g/mol. The molecule has 0 N–H and O–H groups in total. The first-order valence-corrected chi connectivity index (χ1v) is 8.94. The first kappa shape index (κ1) is 18.5. The second kappa shape index (κ2) is 6.61. The minimum absolute atomic E-state index is 0.129. The average Bonchev–Trinajstić information content (AvgIpc) is 3.26. The molecule has 1 aromatic carbocycles. The van der Waals surface area contributed by atoms with Crippen LogP contribution in [-0.4, -0.2) is 28.9 Å². The number of imidazole rings is 1. The summed E-state index contributed by atoms with van der Waals surface area (Å²) >= 11 is 12.0. The van der Waals surface area contributed by atoms with Gasteiger partial charge in [0.1, 0.15) is 12.4 Å². The van der Waals surface area contributed by atoms with Crippen LogP contribution in [-0.2, 0) is 20.6 Å². The molecule has 0 atom stereocenters. The molecule has 0 radical (unpaired) electrons. The Morgan fingerprint density at radius 2 is 1.82 bits per heavy atom. The largest absolute Gasteiger partial charge is 0.419 e. The summed E-state index contributed by atoms with van der Waals surface area (Å²) in [4.78, 5) is 29.1. The Bertz CT molecular complexity index is 1350. The van der Waals surface area contributed by atoms with E-state index in [0.717, 1.165) is 4.57 Å². The van der Waals surface area contributed by atoms with Crippen LogP contribution in [0.2, 0.25) is 10.0 Å². The Labute approximate surface area is 167 Å². The number of aromatic nitrogens is 6. The molecular formula is C17H14Cl2N6O3. The predicted molar refractivity (Wildman–Crippen MR) is 104 cm³/mol. The molecule has 11 heteroatoms. The number of aryl methyl sites for hydroxylation is 2. The van der Waals surface area contributed by atoms with Crippen molar-refractivity contribution in [1.82, 2.24) is 28.9 Å². The summed E-state index contributed by atoms with van der Waals surface area (Å²) in [5.41, 5.74) is 0.328. The highest BCUT2D eigenvalue weighted by Crippen LogP contribution is 2.28. The van der Waals surface area contributed by atoms with E-state index >= 15 is 0 Å². The van der Waals surface area contributed by atoms with Gasteiger partial charge in [-0.3, -0.25) is 13.9 Å². The number of benzene rings is 1. The first-order valence-electron chi connectivity index (χ1n) is 8.18. The topological polar surface area (TPSA) is 101 Å². The molecule has 0 saturated heterocycles. The molecule has 144 valence electrons. The lowest BCUT2D eigenvalue weighted by atomic mass is 10.2. The van der Waals surface area contributed by atoms with Gasteiger partial charge >= 0.3 is 5.69 Å². The van der Waals surface area contributed by atoms with Crippen LogP contribution in [0.4, 0.5) is 0 Å². The van der Waals surface area contributed by atoms with Crippen molar-refractivity contribution in [3.05, 3.63) is 60.8 Å². The molecule has 28 heavy (non-hydrogen) atoms. The zero-order valence-corrected chi connectivity index (χ0v) is 16.6. The standard InChI is InChI=1S/C17H14Cl2N6O3/c1-8-20-14-13(16(26)24(3)17(27)23(14)2)25(8)7-12-21-22-15(28-12)9-4-5-10(18)11(19)6-9/h4-6H,7H2,1-3H3. The third kappa shape index (κ3) is 2.83. The van der Waals surface area contributed by atoms with Crippen molar-refractivity contribution >= 4 is 34.4 Å². The van der Waals surface area contributed by atoms with Gasteiger partial charge in [-0.2, -0.15) is 0 Å². The van der Waals surface area contributed by atoms with Crippen molar-refractivity contribution in [2.45, 2.75) is 13.5 Å². The molecule has 0 bridgehead atoms. The number of rotatable bonds is 3. The van der Waals surface area contributed by atoms with Crippen LogP contribution in [0.5, 0.6) is 0 Å². The van der Waals surface area contributed by atoms with Crippen LogP contribution in [0.25, 0.3) is 22.6 Å². The molecule has 0 saturated carbocycles. The molecule has 0 aliphatic heterocycles. The fourth-order valence-corrected chi connectivity index (χ4v) is 3.25. The maximum atomic E-state index is 12.6. The lowest BCUT2D eigenvalue weighted by Crippen LogP contribution is -2.37. The first-order chi connectivity index (χ1) is 13.3. The van der Waals surface area contributed by atoms with Crippen LogP contribution >= 0.6 is 23.2 Å². The van der Waals surface area contributed by atoms with E-state index in [1.165, 1.54) is 11.6 Å². The van der Waals surface area contributed by atoms with Crippen molar-refractivity contribution in [1.29, 1.82) is 0 Å². The van der Waals surface area contributed by atoms with Crippen LogP contribution in [0.1, 0.15) is 11.7 Å². The van der Waals surface area contributed by atoms with Crippen LogP contribution in [0, 0.1) is 6.92 Å². The van der Waals surface area contributed by atoms with E-state index in [1.54, 1.807) is 36.7 Å². The summed E-state index contributed by atoms with van der Waals surface area (Å²) in [6.07, 6.45) is 0. The summed E-state index contributed by atoms with van der Waals surface area (Å²) in [6.45, 7) is 1.87. The summed E-state index contributed by atoms with van der Waals surface area (Å²) < 4.78 is 9.72. The molecule has 3 heterocycles. The van der Waals surface area contributed by atoms with Crippen molar-refractivity contribution < 1.29 is 4.42 Å². The SMILES string of the molecule is Cc1nc2c(c(=O)n(C)c(=O)n2C)n1Cc1nnc(-c2ccc(Cl)c(Cl)c2)o1. The van der Waals surface area contributed by atoms with Crippen LogP contribution < -0.4 is 11.2 Å². The highest BCUT2D eigenvalue weighted by molar-refractivity contribution is 6.42. The van der Waals surface area contributed by atoms with Gasteiger partial charge in [0.25, 0.3) is 5.56 Å². The van der Waals surface area contributed by atoms with Crippen LogP contribution in [0.15, 0.2) is 32.2 Å². The van der Waals surface area contributed by atoms with E-state index in [1.807, 2.05) is 0 Å². The third-order valence-electron chi connectivity index (χ3n) is 4.47. The average molecular weight is 421 g/mol. The number of fused-ring (bicyclic) bond motifs is 1. The molecule has 0 spiro atoms. The number of nitrogens with zero attached hydrogens (tertiary/aromatic N) is 6. The van der Waals surface area contributed by atoms with Gasteiger partial charge < -0.3 is 8.98 Å². The van der Waals surface area contributed by atoms with E-state index in [2.05, 4.69) is 15.2 Å². The Morgan fingerprint density at radius 1 is 1.07 bits per heavy atom. The molecule has 0 aliphatic rings. The van der Waals surface area contributed by atoms with Gasteiger partial charge in [-0.15, -0.1) is 10.2 Å². The fraction of sp³-hybridized carbons (Fsp3) is 0.235. The number of hydrogen-bond acceptors (Lipinski definition) is 6. The quantitative estimate of drug-likeness (QED) is 0.503. The number of halogens is 2. The highest BCUT2D eigenvalue weighted by atomic mass is 35.5. The van der Waals surface area contributed by atoms with Crippen molar-refractivity contribution in [2.75, 3.05) is 0 Å². The maximum absolute atomic E-state index is 12.6. The van der Waals surface area contributed by atoms with Crippen molar-refractivity contribution in [3.63, 3.8) is 0 Å². The minimum Gasteiger partial charge on any atom is -0.419 e. The summed E-state index contributed by atoms with van der Waals surface area (Å²) in [5, 5.41) is 8.87. The van der Waals surface area contributed by atoms with Crippen LogP contribution in [0.3, 0.4) is 0 Å². The van der Waals surface area contributed by atoms with Gasteiger partial charge in [-0.25, -0.2) is 9.78 Å². The molecule has 0 fully saturated rings. The molecule has 4 rings (SSSR count). The maximum Gasteiger partial charge on any atom is 0.332 e. The van der Waals surface area contributed by atoms with E-state index in [-0.39, 0.29) is 23.8 Å². The van der Waals surface area contributed by atoms with Gasteiger partial charge in [-0.1, -0.05) is 23.2 Å². The third-order valence-corrected chi connectivity index (χ3v) is 5.20. The zero-order chi connectivity index (χ0) is 20.2. The smallest absolute Gasteiger partial charge is 0.332 e. The molecule has 0 amide bonds. The molecule has 0 unspecified atom stereocenters. The normalized spacial score (nSPS) is 11.5. The summed E-state index contributed by atoms with van der Waals surface area (Å²) in [7, 11) is 2.99. The van der Waals surface area contributed by atoms with Gasteiger partial charge in [-0.05, 0) is 25.1 Å². The van der Waals surface area contributed by atoms with E-state index in [0.29, 0.717) is 27.1 Å². The molecule has 3 aromatic heterocycles. The second-order valence-electron chi connectivity index (χ2n) is 6.25. The summed E-state index contributed by atoms with van der Waals surface area (Å²) in [6, 6.07) is 4.99. The van der Waals surface area contributed by atoms with E-state index in [4.69, 9.17) is 27.6 Å². The minimum atomic E-state index is -0.443. The van der Waals surface area contributed by atoms with Gasteiger partial charge in [0.2, 0.25) is 11.8 Å². The molecule has 9 nitrogen and oxygen atoms in total. The van der Waals surface area contributed by atoms with Gasteiger partial charge in [0, 0.05) is 19.7 Å². The van der Waals surface area contributed by atoms with Crippen molar-refractivity contribution in [3.8, 4) is 11.5 Å². The number of hydrogen-bond donors (Lipinski definition) is 0. The molecule has 4 aromatic rings. The Hall–Kier alpha value is -2.91. The Morgan fingerprint density at radius 3 is 2.54 bits per heavy atom. The van der Waals surface area contributed by atoms with Gasteiger partial charge in [0.15, 0.2) is 11.2 Å². The zero-order valence-electron chi connectivity index (χ0n) is 15.1.